The molecule has 0 amide bonds. The number of unbranched alkanes of at least 4 members (excludes halogenated alkanes) is 1. The molecule has 2 aromatic carbocycles. The van der Waals surface area contributed by atoms with E-state index < -0.39 is 5.97 Å². The number of carbonyl (C=O) groups excluding carboxylic acids is 1. The van der Waals surface area contributed by atoms with Crippen molar-refractivity contribution in [2.24, 2.45) is 5.16 Å². The molecule has 0 unspecified atom stereocenters. The SMILES string of the molecule is [C-]#[N+]c1cccc(/C(=C/CCC/C(F)=N/OC)c2cc(C)c(OC)c(C(=O)SC)c2)c1. The minimum Gasteiger partial charge on any atom is -0.496 e. The van der Waals surface area contributed by atoms with Gasteiger partial charge in [0, 0.05) is 6.42 Å². The minimum absolute atomic E-state index is 0.0890. The smallest absolute Gasteiger partial charge is 0.226 e. The fourth-order valence-corrected chi connectivity index (χ4v) is 3.62. The zero-order valence-electron chi connectivity index (χ0n) is 18.1. The molecule has 2 aromatic rings. The average molecular weight is 441 g/mol. The number of hydrogen-bond acceptors (Lipinski definition) is 5. The molecule has 0 radical (unpaired) electrons. The summed E-state index contributed by atoms with van der Waals surface area (Å²) in [5.41, 5.74) is 4.41. The molecule has 0 fully saturated rings. The molecule has 5 nitrogen and oxygen atoms in total. The zero-order valence-corrected chi connectivity index (χ0v) is 18.9. The van der Waals surface area contributed by atoms with E-state index in [1.54, 1.807) is 25.5 Å². The van der Waals surface area contributed by atoms with Crippen LogP contribution in [0.3, 0.4) is 0 Å². The van der Waals surface area contributed by atoms with Crippen molar-refractivity contribution in [3.05, 3.63) is 76.1 Å². The van der Waals surface area contributed by atoms with Gasteiger partial charge in [0.2, 0.25) is 11.1 Å². The van der Waals surface area contributed by atoms with Gasteiger partial charge in [0.15, 0.2) is 5.69 Å². The summed E-state index contributed by atoms with van der Waals surface area (Å²) in [4.78, 5) is 20.5. The number of aryl methyl sites for hydroxylation is 1. The maximum atomic E-state index is 13.5. The monoisotopic (exact) mass is 440 g/mol. The zero-order chi connectivity index (χ0) is 22.8. The van der Waals surface area contributed by atoms with Crippen LogP contribution in [0.15, 0.2) is 47.6 Å². The number of halogens is 1. The Labute approximate surface area is 186 Å². The summed E-state index contributed by atoms with van der Waals surface area (Å²) < 4.78 is 19.0. The number of rotatable bonds is 9. The van der Waals surface area contributed by atoms with E-state index in [0.717, 1.165) is 34.0 Å². The maximum Gasteiger partial charge on any atom is 0.226 e. The Morgan fingerprint density at radius 2 is 2.03 bits per heavy atom. The van der Waals surface area contributed by atoms with E-state index >= 15 is 0 Å². The van der Waals surface area contributed by atoms with Crippen molar-refractivity contribution in [3.63, 3.8) is 0 Å². The Morgan fingerprint density at radius 1 is 1.26 bits per heavy atom. The van der Waals surface area contributed by atoms with E-state index in [1.807, 2.05) is 37.3 Å². The van der Waals surface area contributed by atoms with Gasteiger partial charge in [0.25, 0.3) is 0 Å². The van der Waals surface area contributed by atoms with Crippen LogP contribution in [0.1, 0.15) is 46.3 Å². The summed E-state index contributed by atoms with van der Waals surface area (Å²) in [5, 5.41) is 3.20. The van der Waals surface area contributed by atoms with Crippen molar-refractivity contribution in [1.29, 1.82) is 0 Å². The Balaban J connectivity index is 2.53. The predicted molar refractivity (Wildman–Crippen MR) is 125 cm³/mol. The van der Waals surface area contributed by atoms with Crippen molar-refractivity contribution in [2.75, 3.05) is 20.5 Å². The Bertz CT molecular complexity index is 1040. The third-order valence-corrected chi connectivity index (χ3v) is 5.20. The number of hydrogen-bond donors (Lipinski definition) is 0. The molecule has 0 saturated carbocycles. The van der Waals surface area contributed by atoms with Crippen molar-refractivity contribution in [3.8, 4) is 5.75 Å². The first kappa shape index (κ1) is 24.2. The lowest BCUT2D eigenvalue weighted by Crippen LogP contribution is -2.02. The van der Waals surface area contributed by atoms with Crippen molar-refractivity contribution >= 4 is 34.1 Å². The lowest BCUT2D eigenvalue weighted by Gasteiger charge is -2.16. The van der Waals surface area contributed by atoms with Crippen LogP contribution >= 0.6 is 11.8 Å². The molecule has 0 aliphatic heterocycles. The first-order valence-corrected chi connectivity index (χ1v) is 10.9. The van der Waals surface area contributed by atoms with Crippen LogP contribution in [0.25, 0.3) is 10.4 Å². The lowest BCUT2D eigenvalue weighted by molar-refractivity contribution is 0.108. The van der Waals surface area contributed by atoms with E-state index in [2.05, 4.69) is 14.8 Å². The number of nitrogens with zero attached hydrogens (tertiary/aromatic N) is 2. The van der Waals surface area contributed by atoms with Gasteiger partial charge < -0.3 is 9.57 Å². The molecule has 162 valence electrons. The molecule has 0 spiro atoms. The number of methoxy groups -OCH3 is 1. The predicted octanol–water partition coefficient (Wildman–Crippen LogP) is 6.59. The van der Waals surface area contributed by atoms with Gasteiger partial charge in [0.1, 0.15) is 12.9 Å². The first-order chi connectivity index (χ1) is 14.9. The van der Waals surface area contributed by atoms with Crippen LogP contribution in [-0.2, 0) is 4.84 Å². The quantitative estimate of drug-likeness (QED) is 0.191. The van der Waals surface area contributed by atoms with Crippen LogP contribution in [0.4, 0.5) is 10.1 Å². The summed E-state index contributed by atoms with van der Waals surface area (Å²) in [5.74, 6) is -0.00388. The van der Waals surface area contributed by atoms with Crippen molar-refractivity contribution < 1.29 is 18.8 Å². The van der Waals surface area contributed by atoms with Crippen LogP contribution in [0.2, 0.25) is 0 Å². The van der Waals surface area contributed by atoms with Crippen LogP contribution in [-0.4, -0.2) is 31.6 Å². The number of carbonyl (C=O) groups is 1. The fourth-order valence-electron chi connectivity index (χ4n) is 3.25. The van der Waals surface area contributed by atoms with Crippen LogP contribution < -0.4 is 4.74 Å². The second-order valence-electron chi connectivity index (χ2n) is 6.69. The normalized spacial score (nSPS) is 11.7. The third-order valence-electron chi connectivity index (χ3n) is 4.61. The first-order valence-electron chi connectivity index (χ1n) is 9.66. The molecule has 31 heavy (non-hydrogen) atoms. The van der Waals surface area contributed by atoms with Crippen molar-refractivity contribution in [1.82, 2.24) is 0 Å². The molecule has 0 heterocycles. The lowest BCUT2D eigenvalue weighted by atomic mass is 9.93. The van der Waals surface area contributed by atoms with Crippen LogP contribution in [0, 0.1) is 13.5 Å². The summed E-state index contributed by atoms with van der Waals surface area (Å²) in [6, 6.07) is 11.1. The topological polar surface area (TPSA) is 52.2 Å². The van der Waals surface area contributed by atoms with E-state index in [0.29, 0.717) is 29.8 Å². The highest BCUT2D eigenvalue weighted by Crippen LogP contribution is 2.34. The molecule has 0 saturated heterocycles. The highest BCUT2D eigenvalue weighted by molar-refractivity contribution is 8.13. The average Bonchev–Trinajstić information content (AvgIpc) is 2.78. The molecule has 0 aromatic heterocycles. The Kier molecular flexibility index (Phi) is 9.29. The van der Waals surface area contributed by atoms with Gasteiger partial charge in [-0.15, -0.1) is 0 Å². The third kappa shape index (κ3) is 6.43. The van der Waals surface area contributed by atoms with Gasteiger partial charge in [-0.3, -0.25) is 4.79 Å². The van der Waals surface area contributed by atoms with Gasteiger partial charge in [-0.1, -0.05) is 41.2 Å². The standard InChI is InChI=1S/C24H25FN2O3S/c1-16-13-18(15-21(23(16)29-3)24(28)31-5)20(11-6-7-12-22(25)27-30-4)17-9-8-10-19(14-17)26-2/h8-11,13-15H,6-7,12H2,1,3-5H3/b20-11-,27-22-. The molecule has 0 aliphatic rings. The van der Waals surface area contributed by atoms with Gasteiger partial charge in [-0.2, -0.15) is 4.39 Å². The molecule has 0 atom stereocenters. The van der Waals surface area contributed by atoms with E-state index in [1.165, 1.54) is 7.11 Å². The second kappa shape index (κ2) is 11.9. The Morgan fingerprint density at radius 3 is 2.68 bits per heavy atom. The highest BCUT2D eigenvalue weighted by Gasteiger charge is 2.17. The number of oxime groups is 1. The van der Waals surface area contributed by atoms with E-state index in [9.17, 15) is 9.18 Å². The number of thioether (sulfide) groups is 1. The molecule has 2 rings (SSSR count). The van der Waals surface area contributed by atoms with Gasteiger partial charge in [0.05, 0.1) is 19.2 Å². The molecule has 0 N–H and O–H groups in total. The van der Waals surface area contributed by atoms with Crippen molar-refractivity contribution in [2.45, 2.75) is 26.2 Å². The van der Waals surface area contributed by atoms with Crippen LogP contribution in [0.5, 0.6) is 5.75 Å². The molecular formula is C24H25FN2O3S. The summed E-state index contributed by atoms with van der Waals surface area (Å²) in [6.45, 7) is 9.21. The largest absolute Gasteiger partial charge is 0.496 e. The van der Waals surface area contributed by atoms with Gasteiger partial charge in [-0.05, 0) is 66.5 Å². The summed E-state index contributed by atoms with van der Waals surface area (Å²) in [6.07, 6.45) is 5.02. The fraction of sp³-hybridized carbons (Fsp3) is 0.292. The molecule has 0 aliphatic carbocycles. The summed E-state index contributed by atoms with van der Waals surface area (Å²) >= 11 is 1.12. The van der Waals surface area contributed by atoms with Gasteiger partial charge in [-0.25, -0.2) is 4.85 Å². The second-order valence-corrected chi connectivity index (χ2v) is 7.47. The number of benzene rings is 2. The minimum atomic E-state index is -0.555. The van der Waals surface area contributed by atoms with E-state index in [-0.39, 0.29) is 11.5 Å². The van der Waals surface area contributed by atoms with Gasteiger partial charge >= 0.3 is 0 Å². The maximum absolute atomic E-state index is 13.5. The highest BCUT2D eigenvalue weighted by atomic mass is 32.2. The number of allylic oxidation sites excluding steroid dienone is 1. The molecular weight excluding hydrogens is 415 g/mol. The summed E-state index contributed by atoms with van der Waals surface area (Å²) in [7, 11) is 2.85. The number of ether oxygens (including phenoxy) is 1. The Hall–Kier alpha value is -3.11. The van der Waals surface area contributed by atoms with E-state index in [4.69, 9.17) is 11.3 Å². The molecule has 0 bridgehead atoms. The molecule has 7 heteroatoms.